The van der Waals surface area contributed by atoms with Crippen molar-refractivity contribution < 1.29 is 14.3 Å². The summed E-state index contributed by atoms with van der Waals surface area (Å²) in [6.07, 6.45) is 0.699. The van der Waals surface area contributed by atoms with E-state index in [2.05, 4.69) is 9.64 Å². The summed E-state index contributed by atoms with van der Waals surface area (Å²) in [4.78, 5) is 25.5. The van der Waals surface area contributed by atoms with Crippen molar-refractivity contribution in [2.75, 3.05) is 39.8 Å². The normalized spacial score (nSPS) is 19.7. The van der Waals surface area contributed by atoms with Crippen molar-refractivity contribution in [2.24, 2.45) is 5.92 Å². The fourth-order valence-electron chi connectivity index (χ4n) is 1.69. The molecule has 15 heavy (non-hydrogen) atoms. The van der Waals surface area contributed by atoms with Gasteiger partial charge in [0.25, 0.3) is 0 Å². The molecule has 0 aliphatic carbocycles. The minimum atomic E-state index is -0.266. The molecule has 5 heteroatoms. The van der Waals surface area contributed by atoms with Gasteiger partial charge in [-0.1, -0.05) is 6.92 Å². The summed E-state index contributed by atoms with van der Waals surface area (Å²) in [5.41, 5.74) is 0. The number of carbonyl (C=O) groups is 2. The van der Waals surface area contributed by atoms with Gasteiger partial charge in [-0.05, 0) is 0 Å². The molecule has 1 aliphatic rings. The Morgan fingerprint density at radius 1 is 1.40 bits per heavy atom. The third-order valence-electron chi connectivity index (χ3n) is 2.58. The SMILES string of the molecule is COC(=O)N1CCN(CC(C)C=O)CC1. The highest BCUT2D eigenvalue weighted by Crippen LogP contribution is 2.05. The van der Waals surface area contributed by atoms with E-state index in [1.54, 1.807) is 4.90 Å². The van der Waals surface area contributed by atoms with E-state index in [1.807, 2.05) is 6.92 Å². The van der Waals surface area contributed by atoms with Crippen molar-refractivity contribution >= 4 is 12.4 Å². The number of carbonyl (C=O) groups excluding carboxylic acids is 2. The fourth-order valence-corrected chi connectivity index (χ4v) is 1.69. The molecule has 1 fully saturated rings. The number of hydrogen-bond donors (Lipinski definition) is 0. The second kappa shape index (κ2) is 5.70. The third kappa shape index (κ3) is 3.51. The molecule has 86 valence electrons. The van der Waals surface area contributed by atoms with Crippen molar-refractivity contribution in [3.05, 3.63) is 0 Å². The van der Waals surface area contributed by atoms with Gasteiger partial charge in [-0.3, -0.25) is 4.90 Å². The van der Waals surface area contributed by atoms with E-state index >= 15 is 0 Å². The number of piperazine rings is 1. The molecule has 1 unspecified atom stereocenters. The smallest absolute Gasteiger partial charge is 0.409 e. The highest BCUT2D eigenvalue weighted by molar-refractivity contribution is 5.67. The standard InChI is InChI=1S/C10H18N2O3/c1-9(8-13)7-11-3-5-12(6-4-11)10(14)15-2/h8-9H,3-7H2,1-2H3. The van der Waals surface area contributed by atoms with Gasteiger partial charge in [0, 0.05) is 38.6 Å². The Bertz CT molecular complexity index is 225. The molecule has 1 atom stereocenters. The summed E-state index contributed by atoms with van der Waals surface area (Å²) < 4.78 is 4.64. The average Bonchev–Trinajstić information content (AvgIpc) is 2.29. The zero-order chi connectivity index (χ0) is 11.3. The van der Waals surface area contributed by atoms with Crippen molar-refractivity contribution in [3.8, 4) is 0 Å². The van der Waals surface area contributed by atoms with E-state index in [9.17, 15) is 9.59 Å². The van der Waals surface area contributed by atoms with E-state index in [0.717, 1.165) is 25.9 Å². The van der Waals surface area contributed by atoms with E-state index in [1.165, 1.54) is 7.11 Å². The van der Waals surface area contributed by atoms with Crippen LogP contribution in [0.3, 0.4) is 0 Å². The van der Waals surface area contributed by atoms with Crippen LogP contribution in [0.2, 0.25) is 0 Å². The zero-order valence-electron chi connectivity index (χ0n) is 9.31. The fraction of sp³-hybridized carbons (Fsp3) is 0.800. The molecule has 0 aromatic heterocycles. The lowest BCUT2D eigenvalue weighted by molar-refractivity contribution is -0.111. The summed E-state index contributed by atoms with van der Waals surface area (Å²) in [6, 6.07) is 0. The van der Waals surface area contributed by atoms with Gasteiger partial charge in [0.2, 0.25) is 0 Å². The first-order valence-electron chi connectivity index (χ1n) is 5.18. The number of nitrogens with zero attached hydrogens (tertiary/aromatic N) is 2. The lowest BCUT2D eigenvalue weighted by Crippen LogP contribution is -2.49. The Morgan fingerprint density at radius 2 is 2.00 bits per heavy atom. The van der Waals surface area contributed by atoms with Crippen LogP contribution < -0.4 is 0 Å². The van der Waals surface area contributed by atoms with Crippen LogP contribution in [0.25, 0.3) is 0 Å². The Morgan fingerprint density at radius 3 is 2.47 bits per heavy atom. The quantitative estimate of drug-likeness (QED) is 0.630. The molecule has 1 rings (SSSR count). The molecule has 5 nitrogen and oxygen atoms in total. The van der Waals surface area contributed by atoms with Crippen molar-refractivity contribution in [3.63, 3.8) is 0 Å². The summed E-state index contributed by atoms with van der Waals surface area (Å²) >= 11 is 0. The Labute approximate surface area is 90.0 Å². The number of hydrogen-bond acceptors (Lipinski definition) is 4. The minimum Gasteiger partial charge on any atom is -0.453 e. The molecular formula is C10H18N2O3. The van der Waals surface area contributed by atoms with E-state index in [4.69, 9.17) is 0 Å². The van der Waals surface area contributed by atoms with Gasteiger partial charge < -0.3 is 14.4 Å². The predicted molar refractivity (Wildman–Crippen MR) is 55.6 cm³/mol. The van der Waals surface area contributed by atoms with Gasteiger partial charge in [0.05, 0.1) is 7.11 Å². The maximum absolute atomic E-state index is 11.2. The van der Waals surface area contributed by atoms with Crippen molar-refractivity contribution in [1.29, 1.82) is 0 Å². The lowest BCUT2D eigenvalue weighted by atomic mass is 10.2. The first kappa shape index (κ1) is 12.0. The second-order valence-corrected chi connectivity index (χ2v) is 3.87. The molecule has 0 radical (unpaired) electrons. The average molecular weight is 214 g/mol. The molecule has 0 saturated carbocycles. The van der Waals surface area contributed by atoms with Crippen molar-refractivity contribution in [2.45, 2.75) is 6.92 Å². The second-order valence-electron chi connectivity index (χ2n) is 3.87. The van der Waals surface area contributed by atoms with Crippen LogP contribution in [0.1, 0.15) is 6.92 Å². The largest absolute Gasteiger partial charge is 0.453 e. The van der Waals surface area contributed by atoms with Crippen LogP contribution in [0.15, 0.2) is 0 Å². The van der Waals surface area contributed by atoms with E-state index in [0.29, 0.717) is 13.1 Å². The number of aldehydes is 1. The molecule has 1 saturated heterocycles. The number of methoxy groups -OCH3 is 1. The molecule has 0 N–H and O–H groups in total. The zero-order valence-corrected chi connectivity index (χ0v) is 9.31. The molecule has 0 bridgehead atoms. The number of ether oxygens (including phenoxy) is 1. The van der Waals surface area contributed by atoms with Crippen LogP contribution in [0.5, 0.6) is 0 Å². The van der Waals surface area contributed by atoms with Gasteiger partial charge in [-0.2, -0.15) is 0 Å². The Balaban J connectivity index is 2.29. The van der Waals surface area contributed by atoms with Gasteiger partial charge >= 0.3 is 6.09 Å². The summed E-state index contributed by atoms with van der Waals surface area (Å²) in [7, 11) is 1.39. The van der Waals surface area contributed by atoms with E-state index < -0.39 is 0 Å². The molecule has 0 aromatic carbocycles. The van der Waals surface area contributed by atoms with Gasteiger partial charge in [-0.15, -0.1) is 0 Å². The van der Waals surface area contributed by atoms with Gasteiger partial charge in [-0.25, -0.2) is 4.79 Å². The van der Waals surface area contributed by atoms with Crippen molar-refractivity contribution in [1.82, 2.24) is 9.80 Å². The Hall–Kier alpha value is -1.10. The monoisotopic (exact) mass is 214 g/mol. The van der Waals surface area contributed by atoms with Crippen LogP contribution in [0, 0.1) is 5.92 Å². The first-order chi connectivity index (χ1) is 7.17. The topological polar surface area (TPSA) is 49.9 Å². The number of amides is 1. The van der Waals surface area contributed by atoms with E-state index in [-0.39, 0.29) is 12.0 Å². The molecule has 0 aromatic rings. The molecular weight excluding hydrogens is 196 g/mol. The molecule has 1 aliphatic heterocycles. The maximum atomic E-state index is 11.2. The highest BCUT2D eigenvalue weighted by atomic mass is 16.5. The minimum absolute atomic E-state index is 0.0645. The van der Waals surface area contributed by atoms with Gasteiger partial charge in [0.15, 0.2) is 0 Å². The molecule has 1 amide bonds. The summed E-state index contributed by atoms with van der Waals surface area (Å²) in [5, 5.41) is 0. The lowest BCUT2D eigenvalue weighted by Gasteiger charge is -2.34. The van der Waals surface area contributed by atoms with Crippen LogP contribution in [-0.4, -0.2) is 62.0 Å². The maximum Gasteiger partial charge on any atom is 0.409 e. The van der Waals surface area contributed by atoms with Crippen LogP contribution >= 0.6 is 0 Å². The number of rotatable bonds is 3. The predicted octanol–water partition coefficient (Wildman–Crippen LogP) is 0.205. The van der Waals surface area contributed by atoms with Crippen LogP contribution in [0.4, 0.5) is 4.79 Å². The first-order valence-corrected chi connectivity index (χ1v) is 5.18. The molecule has 1 heterocycles. The Kier molecular flexibility index (Phi) is 4.55. The highest BCUT2D eigenvalue weighted by Gasteiger charge is 2.21. The van der Waals surface area contributed by atoms with Gasteiger partial charge in [0.1, 0.15) is 6.29 Å². The summed E-state index contributed by atoms with van der Waals surface area (Å²) in [6.45, 7) is 5.66. The van der Waals surface area contributed by atoms with Crippen LogP contribution in [-0.2, 0) is 9.53 Å². The molecule has 0 spiro atoms. The third-order valence-corrected chi connectivity index (χ3v) is 2.58. The summed E-state index contributed by atoms with van der Waals surface area (Å²) in [5.74, 6) is 0.0645.